The number of hydrogen-bond donors (Lipinski definition) is 0. The molecule has 0 unspecified atom stereocenters. The summed E-state index contributed by atoms with van der Waals surface area (Å²) in [7, 11) is 0. The number of thiophene rings is 2. The average molecular weight is 290 g/mol. The zero-order valence-corrected chi connectivity index (χ0v) is 12.2. The van der Waals surface area contributed by atoms with Crippen LogP contribution in [0, 0.1) is 0 Å². The number of rotatable bonds is 0. The molecule has 3 aromatic carbocycles. The third-order valence-electron chi connectivity index (χ3n) is 3.98. The van der Waals surface area contributed by atoms with Gasteiger partial charge in [0.05, 0.1) is 0 Å². The van der Waals surface area contributed by atoms with E-state index in [9.17, 15) is 0 Å². The summed E-state index contributed by atoms with van der Waals surface area (Å²) in [6, 6.07) is 18.2. The van der Waals surface area contributed by atoms with Gasteiger partial charge in [-0.2, -0.15) is 0 Å². The first-order valence-corrected chi connectivity index (χ1v) is 8.35. The quantitative estimate of drug-likeness (QED) is 0.289. The zero-order valence-electron chi connectivity index (χ0n) is 10.6. The molecule has 2 heterocycles. The number of fused-ring (bicyclic) bond motifs is 5. The second-order valence-corrected chi connectivity index (χ2v) is 7.02. The third kappa shape index (κ3) is 1.41. The Kier molecular flexibility index (Phi) is 2.07. The SMILES string of the molecule is c1cc2cc3ccc4cc5ccsc5cc4c3cc2s1. The highest BCUT2D eigenvalue weighted by Crippen LogP contribution is 2.34. The molecule has 0 aliphatic heterocycles. The Labute approximate surface area is 123 Å². The highest BCUT2D eigenvalue weighted by atomic mass is 32.1. The monoisotopic (exact) mass is 290 g/mol. The maximum Gasteiger partial charge on any atom is 0.0349 e. The van der Waals surface area contributed by atoms with E-state index in [1.165, 1.54) is 41.7 Å². The van der Waals surface area contributed by atoms with Crippen molar-refractivity contribution in [3.8, 4) is 0 Å². The molecule has 94 valence electrons. The van der Waals surface area contributed by atoms with E-state index in [0.717, 1.165) is 0 Å². The Morgan fingerprint density at radius 3 is 1.50 bits per heavy atom. The van der Waals surface area contributed by atoms with Gasteiger partial charge in [-0.15, -0.1) is 22.7 Å². The first kappa shape index (κ1) is 10.8. The molecule has 0 fully saturated rings. The first-order chi connectivity index (χ1) is 9.88. The van der Waals surface area contributed by atoms with Gasteiger partial charge in [-0.25, -0.2) is 0 Å². The molecule has 0 bridgehead atoms. The molecule has 20 heavy (non-hydrogen) atoms. The Bertz CT molecular complexity index is 1010. The fraction of sp³-hybridized carbons (Fsp3) is 0. The molecule has 0 N–H and O–H groups in total. The lowest BCUT2D eigenvalue weighted by Gasteiger charge is -2.05. The first-order valence-electron chi connectivity index (χ1n) is 6.59. The molecule has 0 radical (unpaired) electrons. The summed E-state index contributed by atoms with van der Waals surface area (Å²) in [5, 5.41) is 12.4. The number of hydrogen-bond acceptors (Lipinski definition) is 2. The minimum absolute atomic E-state index is 1.33. The van der Waals surface area contributed by atoms with E-state index in [4.69, 9.17) is 0 Å². The van der Waals surface area contributed by atoms with Crippen LogP contribution in [-0.4, -0.2) is 0 Å². The van der Waals surface area contributed by atoms with Crippen LogP contribution < -0.4 is 0 Å². The molecule has 5 rings (SSSR count). The van der Waals surface area contributed by atoms with Crippen LogP contribution in [0.5, 0.6) is 0 Å². The van der Waals surface area contributed by atoms with Crippen molar-refractivity contribution in [3.05, 3.63) is 59.3 Å². The summed E-state index contributed by atoms with van der Waals surface area (Å²) in [5.74, 6) is 0. The molecule has 0 atom stereocenters. The van der Waals surface area contributed by atoms with Crippen molar-refractivity contribution in [3.63, 3.8) is 0 Å². The van der Waals surface area contributed by atoms with Crippen LogP contribution >= 0.6 is 22.7 Å². The highest BCUT2D eigenvalue weighted by Gasteiger charge is 2.05. The van der Waals surface area contributed by atoms with Crippen molar-refractivity contribution >= 4 is 64.4 Å². The van der Waals surface area contributed by atoms with Gasteiger partial charge in [0.15, 0.2) is 0 Å². The van der Waals surface area contributed by atoms with Gasteiger partial charge in [-0.1, -0.05) is 12.1 Å². The van der Waals surface area contributed by atoms with E-state index in [2.05, 4.69) is 59.3 Å². The molecule has 2 heteroatoms. The Morgan fingerprint density at radius 1 is 0.500 bits per heavy atom. The van der Waals surface area contributed by atoms with Crippen molar-refractivity contribution in [1.29, 1.82) is 0 Å². The fourth-order valence-corrected chi connectivity index (χ4v) is 4.60. The third-order valence-corrected chi connectivity index (χ3v) is 5.74. The lowest BCUT2D eigenvalue weighted by Crippen LogP contribution is -1.78. The second-order valence-electron chi connectivity index (χ2n) is 5.13. The van der Waals surface area contributed by atoms with Crippen LogP contribution in [0.3, 0.4) is 0 Å². The molecule has 0 saturated heterocycles. The Morgan fingerprint density at radius 2 is 1.00 bits per heavy atom. The van der Waals surface area contributed by atoms with Crippen molar-refractivity contribution in [1.82, 2.24) is 0 Å². The predicted molar refractivity (Wildman–Crippen MR) is 92.2 cm³/mol. The van der Waals surface area contributed by atoms with Gasteiger partial charge in [-0.05, 0) is 79.5 Å². The molecular formula is C18H10S2. The Balaban J connectivity index is 2.06. The minimum atomic E-state index is 1.33. The number of benzene rings is 3. The van der Waals surface area contributed by atoms with Crippen molar-refractivity contribution in [2.24, 2.45) is 0 Å². The molecule has 0 amide bonds. The highest BCUT2D eigenvalue weighted by molar-refractivity contribution is 7.17. The summed E-state index contributed by atoms with van der Waals surface area (Å²) in [4.78, 5) is 0. The average Bonchev–Trinajstić information content (AvgIpc) is 3.10. The maximum absolute atomic E-state index is 2.34. The van der Waals surface area contributed by atoms with Crippen molar-refractivity contribution in [2.45, 2.75) is 0 Å². The van der Waals surface area contributed by atoms with E-state index >= 15 is 0 Å². The van der Waals surface area contributed by atoms with E-state index in [1.807, 2.05) is 22.7 Å². The Hall–Kier alpha value is -1.90. The van der Waals surface area contributed by atoms with Gasteiger partial charge >= 0.3 is 0 Å². The van der Waals surface area contributed by atoms with Crippen LogP contribution in [0.2, 0.25) is 0 Å². The molecule has 0 spiro atoms. The molecule has 0 aliphatic carbocycles. The van der Waals surface area contributed by atoms with Gasteiger partial charge in [0.1, 0.15) is 0 Å². The van der Waals surface area contributed by atoms with Gasteiger partial charge in [0, 0.05) is 9.40 Å². The molecule has 0 aliphatic rings. The molecule has 5 aromatic rings. The summed E-state index contributed by atoms with van der Waals surface area (Å²) in [6.45, 7) is 0. The van der Waals surface area contributed by atoms with Crippen LogP contribution in [0.15, 0.2) is 59.3 Å². The van der Waals surface area contributed by atoms with Gasteiger partial charge in [0.25, 0.3) is 0 Å². The molecule has 0 nitrogen and oxygen atoms in total. The molecule has 0 saturated carbocycles. The summed E-state index contributed by atoms with van der Waals surface area (Å²) in [5.41, 5.74) is 0. The van der Waals surface area contributed by atoms with E-state index in [-0.39, 0.29) is 0 Å². The van der Waals surface area contributed by atoms with Gasteiger partial charge < -0.3 is 0 Å². The van der Waals surface area contributed by atoms with Crippen molar-refractivity contribution in [2.75, 3.05) is 0 Å². The van der Waals surface area contributed by atoms with E-state index in [0.29, 0.717) is 0 Å². The van der Waals surface area contributed by atoms with Crippen molar-refractivity contribution < 1.29 is 0 Å². The lowest BCUT2D eigenvalue weighted by molar-refractivity contribution is 1.89. The maximum atomic E-state index is 2.34. The topological polar surface area (TPSA) is 0 Å². The van der Waals surface area contributed by atoms with Crippen LogP contribution in [0.1, 0.15) is 0 Å². The second kappa shape index (κ2) is 3.81. The summed E-state index contributed by atoms with van der Waals surface area (Å²) >= 11 is 3.64. The van der Waals surface area contributed by atoms with Crippen LogP contribution in [-0.2, 0) is 0 Å². The van der Waals surface area contributed by atoms with Gasteiger partial charge in [0.2, 0.25) is 0 Å². The standard InChI is InChI=1S/C18H10S2/c1-2-12-8-14-4-6-20-18(14)10-16(12)15-9-17-13(3-5-19-17)7-11(1)15/h1-10H. The zero-order chi connectivity index (χ0) is 13.1. The summed E-state index contributed by atoms with van der Waals surface area (Å²) in [6.07, 6.45) is 0. The molecular weight excluding hydrogens is 280 g/mol. The summed E-state index contributed by atoms with van der Waals surface area (Å²) < 4.78 is 2.74. The normalized spacial score (nSPS) is 12.0. The van der Waals surface area contributed by atoms with Crippen LogP contribution in [0.4, 0.5) is 0 Å². The lowest BCUT2D eigenvalue weighted by atomic mass is 10.00. The molecule has 2 aromatic heterocycles. The van der Waals surface area contributed by atoms with E-state index < -0.39 is 0 Å². The fourth-order valence-electron chi connectivity index (χ4n) is 2.98. The minimum Gasteiger partial charge on any atom is -0.144 e. The van der Waals surface area contributed by atoms with Crippen LogP contribution in [0.25, 0.3) is 41.7 Å². The largest absolute Gasteiger partial charge is 0.144 e. The van der Waals surface area contributed by atoms with Gasteiger partial charge in [-0.3, -0.25) is 0 Å². The predicted octanol–water partition coefficient (Wildman–Crippen LogP) is 6.42. The van der Waals surface area contributed by atoms with E-state index in [1.54, 1.807) is 0 Å². The smallest absolute Gasteiger partial charge is 0.0349 e.